The first-order chi connectivity index (χ1) is 5.71. The van der Waals surface area contributed by atoms with Crippen LogP contribution in [0.1, 0.15) is 13.3 Å². The molecule has 1 saturated heterocycles. The zero-order chi connectivity index (χ0) is 10.3. The Labute approximate surface area is 78.1 Å². The largest absolute Gasteiger partial charge is 0.363 e. The third kappa shape index (κ3) is 2.88. The summed E-state index contributed by atoms with van der Waals surface area (Å²) in [5, 5.41) is 0. The number of hydrogen-bond acceptors (Lipinski definition) is 1. The molecule has 0 aliphatic carbocycles. The van der Waals surface area contributed by atoms with Crippen molar-refractivity contribution in [2.75, 3.05) is 27.7 Å². The molecule has 1 rings (SSSR count). The van der Waals surface area contributed by atoms with E-state index in [1.165, 1.54) is 6.92 Å². The molecular weight excluding hydrogens is 176 g/mol. The van der Waals surface area contributed by atoms with Crippen LogP contribution >= 0.6 is 0 Å². The maximum Gasteiger partial charge on any atom is 0.276 e. The topological polar surface area (TPSA) is 9.23 Å². The van der Waals surface area contributed by atoms with Crippen molar-refractivity contribution in [1.82, 2.24) is 0 Å². The molecule has 0 aromatic heterocycles. The van der Waals surface area contributed by atoms with Crippen molar-refractivity contribution in [1.29, 1.82) is 0 Å². The number of quaternary nitrogens is 1. The Hall–Kier alpha value is -0.220. The van der Waals surface area contributed by atoms with Gasteiger partial charge in [0, 0.05) is 6.42 Å². The lowest BCUT2D eigenvalue weighted by molar-refractivity contribution is -0.873. The van der Waals surface area contributed by atoms with E-state index in [0.29, 0.717) is 11.0 Å². The van der Waals surface area contributed by atoms with Crippen molar-refractivity contribution in [3.63, 3.8) is 0 Å². The molecule has 2 nitrogen and oxygen atoms in total. The first kappa shape index (κ1) is 10.9. The van der Waals surface area contributed by atoms with E-state index in [1.54, 1.807) is 0 Å². The molecule has 0 N–H and O–H groups in total. The van der Waals surface area contributed by atoms with E-state index in [9.17, 15) is 8.78 Å². The third-order valence-electron chi connectivity index (χ3n) is 2.24. The SMILES string of the molecule is C[C@H]1O[C@@H](C[N+](C)(C)C)CC1(F)F. The van der Waals surface area contributed by atoms with Crippen molar-refractivity contribution >= 4 is 0 Å². The van der Waals surface area contributed by atoms with Crippen LogP contribution in [0, 0.1) is 0 Å². The summed E-state index contributed by atoms with van der Waals surface area (Å²) in [5.41, 5.74) is 0. The standard InChI is InChI=1S/C9H18F2NO/c1-7-9(10,11)5-8(13-7)6-12(2,3)4/h7-8H,5-6H2,1-4H3/q+1/t7-,8-/m1/s1. The fourth-order valence-electron chi connectivity index (χ4n) is 1.62. The molecule has 78 valence electrons. The van der Waals surface area contributed by atoms with E-state index < -0.39 is 12.0 Å². The molecule has 0 radical (unpaired) electrons. The van der Waals surface area contributed by atoms with E-state index in [2.05, 4.69) is 0 Å². The summed E-state index contributed by atoms with van der Waals surface area (Å²) in [7, 11) is 5.93. The third-order valence-corrected chi connectivity index (χ3v) is 2.24. The van der Waals surface area contributed by atoms with Crippen LogP contribution in [0.5, 0.6) is 0 Å². The molecule has 1 fully saturated rings. The zero-order valence-corrected chi connectivity index (χ0v) is 8.68. The minimum atomic E-state index is -2.64. The highest BCUT2D eigenvalue weighted by Crippen LogP contribution is 2.35. The molecule has 0 amide bonds. The number of likely N-dealkylation sites (N-methyl/N-ethyl adjacent to an activating group) is 1. The Balaban J connectivity index is 2.50. The Morgan fingerprint density at radius 1 is 1.38 bits per heavy atom. The van der Waals surface area contributed by atoms with Gasteiger partial charge in [-0.05, 0) is 6.92 Å². The monoisotopic (exact) mass is 194 g/mol. The molecule has 4 heteroatoms. The molecule has 0 aromatic carbocycles. The molecule has 0 bridgehead atoms. The van der Waals surface area contributed by atoms with Crippen molar-refractivity contribution in [2.45, 2.75) is 31.5 Å². The predicted molar refractivity (Wildman–Crippen MR) is 46.8 cm³/mol. The lowest BCUT2D eigenvalue weighted by Gasteiger charge is -2.26. The van der Waals surface area contributed by atoms with Gasteiger partial charge in [-0.1, -0.05) is 0 Å². The second kappa shape index (κ2) is 3.17. The van der Waals surface area contributed by atoms with Crippen molar-refractivity contribution in [3.05, 3.63) is 0 Å². The first-order valence-electron chi connectivity index (χ1n) is 4.54. The summed E-state index contributed by atoms with van der Waals surface area (Å²) in [6.45, 7) is 2.08. The van der Waals surface area contributed by atoms with Crippen molar-refractivity contribution in [3.8, 4) is 0 Å². The minimum absolute atomic E-state index is 0.135. The van der Waals surface area contributed by atoms with Crippen LogP contribution in [-0.4, -0.2) is 50.3 Å². The summed E-state index contributed by atoms with van der Waals surface area (Å²) >= 11 is 0. The van der Waals surface area contributed by atoms with E-state index >= 15 is 0 Å². The van der Waals surface area contributed by atoms with Crippen LogP contribution < -0.4 is 0 Å². The van der Waals surface area contributed by atoms with Gasteiger partial charge in [0.1, 0.15) is 18.8 Å². The van der Waals surface area contributed by atoms with E-state index in [0.717, 1.165) is 0 Å². The Kier molecular flexibility index (Phi) is 2.65. The number of nitrogens with zero attached hydrogens (tertiary/aromatic N) is 1. The average molecular weight is 194 g/mol. The highest BCUT2D eigenvalue weighted by molar-refractivity contribution is 4.86. The first-order valence-corrected chi connectivity index (χ1v) is 4.54. The quantitative estimate of drug-likeness (QED) is 0.605. The highest BCUT2D eigenvalue weighted by atomic mass is 19.3. The Morgan fingerprint density at radius 2 is 1.92 bits per heavy atom. The molecule has 0 spiro atoms. The van der Waals surface area contributed by atoms with Gasteiger partial charge in [-0.25, -0.2) is 8.78 Å². The van der Waals surface area contributed by atoms with Gasteiger partial charge in [-0.2, -0.15) is 0 Å². The summed E-state index contributed by atoms with van der Waals surface area (Å²) in [6.07, 6.45) is -1.36. The molecule has 0 unspecified atom stereocenters. The van der Waals surface area contributed by atoms with Gasteiger partial charge >= 0.3 is 0 Å². The van der Waals surface area contributed by atoms with Gasteiger partial charge in [0.15, 0.2) is 0 Å². The maximum atomic E-state index is 13.0. The van der Waals surface area contributed by atoms with E-state index in [4.69, 9.17) is 4.74 Å². The molecule has 1 heterocycles. The fourth-order valence-corrected chi connectivity index (χ4v) is 1.62. The molecule has 13 heavy (non-hydrogen) atoms. The maximum absolute atomic E-state index is 13.0. The van der Waals surface area contributed by atoms with Crippen LogP contribution in [0.2, 0.25) is 0 Å². The molecule has 1 aliphatic rings. The molecule has 2 atom stereocenters. The number of hydrogen-bond donors (Lipinski definition) is 0. The lowest BCUT2D eigenvalue weighted by Crippen LogP contribution is -2.41. The summed E-state index contributed by atoms with van der Waals surface area (Å²) in [4.78, 5) is 0. The van der Waals surface area contributed by atoms with Gasteiger partial charge in [-0.3, -0.25) is 0 Å². The van der Waals surface area contributed by atoms with Crippen LogP contribution in [0.15, 0.2) is 0 Å². The number of halogens is 2. The fraction of sp³-hybridized carbons (Fsp3) is 1.00. The van der Waals surface area contributed by atoms with Crippen LogP contribution in [0.4, 0.5) is 8.78 Å². The van der Waals surface area contributed by atoms with Gasteiger partial charge < -0.3 is 9.22 Å². The normalized spacial score (nSPS) is 33.7. The van der Waals surface area contributed by atoms with Gasteiger partial charge in [-0.15, -0.1) is 0 Å². The predicted octanol–water partition coefficient (Wildman–Crippen LogP) is 1.51. The van der Waals surface area contributed by atoms with Gasteiger partial charge in [0.2, 0.25) is 0 Å². The summed E-state index contributed by atoms with van der Waals surface area (Å²) < 4.78 is 31.9. The highest BCUT2D eigenvalue weighted by Gasteiger charge is 2.48. The average Bonchev–Trinajstić information content (AvgIpc) is 2.01. The summed E-state index contributed by atoms with van der Waals surface area (Å²) in [6, 6.07) is 0. The van der Waals surface area contributed by atoms with E-state index in [-0.39, 0.29) is 12.5 Å². The number of alkyl halides is 2. The van der Waals surface area contributed by atoms with Crippen LogP contribution in [-0.2, 0) is 4.74 Å². The molecule has 0 saturated carbocycles. The van der Waals surface area contributed by atoms with Gasteiger partial charge in [0.25, 0.3) is 5.92 Å². The van der Waals surface area contributed by atoms with Crippen LogP contribution in [0.25, 0.3) is 0 Å². The van der Waals surface area contributed by atoms with E-state index in [1.807, 2.05) is 21.1 Å². The second-order valence-corrected chi connectivity index (χ2v) is 4.84. The Morgan fingerprint density at radius 3 is 2.23 bits per heavy atom. The molecular formula is C9H18F2NO+. The summed E-state index contributed by atoms with van der Waals surface area (Å²) in [5.74, 6) is -2.64. The number of rotatable bonds is 2. The number of ether oxygens (including phenoxy) is 1. The lowest BCUT2D eigenvalue weighted by atomic mass is 10.1. The van der Waals surface area contributed by atoms with Crippen molar-refractivity contribution < 1.29 is 18.0 Å². The van der Waals surface area contributed by atoms with Crippen LogP contribution in [0.3, 0.4) is 0 Å². The molecule has 0 aromatic rings. The zero-order valence-electron chi connectivity index (χ0n) is 8.68. The molecule has 1 aliphatic heterocycles. The van der Waals surface area contributed by atoms with Crippen molar-refractivity contribution in [2.24, 2.45) is 0 Å². The Bertz CT molecular complexity index is 187. The minimum Gasteiger partial charge on any atom is -0.363 e. The second-order valence-electron chi connectivity index (χ2n) is 4.84. The smallest absolute Gasteiger partial charge is 0.276 e. The van der Waals surface area contributed by atoms with Gasteiger partial charge in [0.05, 0.1) is 21.1 Å².